The summed E-state index contributed by atoms with van der Waals surface area (Å²) >= 11 is 0. The largest absolute Gasteiger partial charge is 0.444 e. The van der Waals surface area contributed by atoms with Crippen molar-refractivity contribution >= 4 is 6.09 Å². The summed E-state index contributed by atoms with van der Waals surface area (Å²) in [5.74, 6) is 0. The first-order valence-corrected chi connectivity index (χ1v) is 6.93. The van der Waals surface area contributed by atoms with Gasteiger partial charge in [-0.2, -0.15) is 5.26 Å². The number of carbonyl (C=O) groups excluding carboxylic acids is 1. The number of nitrogens with zero attached hydrogens (tertiary/aromatic N) is 3. The van der Waals surface area contributed by atoms with Crippen molar-refractivity contribution in [2.45, 2.75) is 32.9 Å². The van der Waals surface area contributed by atoms with Crippen LogP contribution in [0, 0.1) is 11.3 Å². The Balaban J connectivity index is 2.30. The average Bonchev–Trinajstić information content (AvgIpc) is 2.72. The molecule has 0 unspecified atom stereocenters. The first kappa shape index (κ1) is 17.1. The quantitative estimate of drug-likeness (QED) is 0.841. The van der Waals surface area contributed by atoms with Gasteiger partial charge in [-0.05, 0) is 32.4 Å². The van der Waals surface area contributed by atoms with E-state index in [9.17, 15) is 4.79 Å². The maximum Gasteiger partial charge on any atom is 0.410 e. The van der Waals surface area contributed by atoms with Gasteiger partial charge in [-0.15, -0.1) is 0 Å². The highest BCUT2D eigenvalue weighted by atomic mass is 16.6. The van der Waals surface area contributed by atoms with Crippen molar-refractivity contribution in [2.24, 2.45) is 7.05 Å². The molecule has 0 saturated carbocycles. The molecular formula is C15H24N4O2. The number of aromatic nitrogens is 1. The molecule has 0 bridgehead atoms. The fourth-order valence-corrected chi connectivity index (χ4v) is 1.75. The van der Waals surface area contributed by atoms with Crippen molar-refractivity contribution in [1.82, 2.24) is 14.8 Å². The number of hydrogen-bond donors (Lipinski definition) is 1. The van der Waals surface area contributed by atoms with Crippen molar-refractivity contribution < 1.29 is 9.53 Å². The molecule has 6 heteroatoms. The molecule has 1 aromatic heterocycles. The number of carbonyl (C=O) groups is 1. The van der Waals surface area contributed by atoms with Gasteiger partial charge >= 0.3 is 6.09 Å². The highest BCUT2D eigenvalue weighted by molar-refractivity contribution is 5.67. The minimum Gasteiger partial charge on any atom is -0.444 e. The van der Waals surface area contributed by atoms with Crippen molar-refractivity contribution in [3.63, 3.8) is 0 Å². The first-order valence-electron chi connectivity index (χ1n) is 6.93. The van der Waals surface area contributed by atoms with E-state index in [1.54, 1.807) is 16.5 Å². The zero-order valence-corrected chi connectivity index (χ0v) is 13.4. The van der Waals surface area contributed by atoms with Crippen molar-refractivity contribution in [2.75, 3.05) is 20.1 Å². The minimum atomic E-state index is -0.476. The summed E-state index contributed by atoms with van der Waals surface area (Å²) in [4.78, 5) is 13.3. The van der Waals surface area contributed by atoms with E-state index < -0.39 is 5.60 Å². The van der Waals surface area contributed by atoms with Gasteiger partial charge in [0.1, 0.15) is 17.4 Å². The first-order chi connectivity index (χ1) is 9.73. The van der Waals surface area contributed by atoms with E-state index >= 15 is 0 Å². The van der Waals surface area contributed by atoms with Crippen molar-refractivity contribution in [3.05, 3.63) is 23.5 Å². The van der Waals surface area contributed by atoms with E-state index in [4.69, 9.17) is 10.00 Å². The highest BCUT2D eigenvalue weighted by Crippen LogP contribution is 2.09. The Kier molecular flexibility index (Phi) is 5.79. The predicted molar refractivity (Wildman–Crippen MR) is 80.7 cm³/mol. The molecule has 1 rings (SSSR count). The molecule has 21 heavy (non-hydrogen) atoms. The predicted octanol–water partition coefficient (Wildman–Crippen LogP) is 1.85. The fourth-order valence-electron chi connectivity index (χ4n) is 1.75. The number of likely N-dealkylation sites (N-methyl/N-ethyl adjacent to an activating group) is 1. The molecule has 0 radical (unpaired) electrons. The third-order valence-electron chi connectivity index (χ3n) is 2.83. The molecule has 1 N–H and O–H groups in total. The van der Waals surface area contributed by atoms with Gasteiger partial charge in [0.25, 0.3) is 0 Å². The number of ether oxygens (including phenoxy) is 1. The minimum absolute atomic E-state index is 0.323. The second-order valence-corrected chi connectivity index (χ2v) is 6.03. The normalized spacial score (nSPS) is 11.0. The summed E-state index contributed by atoms with van der Waals surface area (Å²) in [5.41, 5.74) is 1.21. The van der Waals surface area contributed by atoms with Crippen molar-refractivity contribution in [3.8, 4) is 6.07 Å². The maximum absolute atomic E-state index is 11.7. The van der Waals surface area contributed by atoms with Crippen molar-refractivity contribution in [1.29, 1.82) is 5.26 Å². The summed E-state index contributed by atoms with van der Waals surface area (Å²) < 4.78 is 7.06. The number of rotatable bonds is 5. The molecule has 0 aliphatic rings. The molecule has 1 amide bonds. The van der Waals surface area contributed by atoms with E-state index in [2.05, 4.69) is 11.4 Å². The zero-order chi connectivity index (χ0) is 16.0. The number of nitriles is 1. The topological polar surface area (TPSA) is 70.3 Å². The molecule has 0 spiro atoms. The standard InChI is InChI=1S/C15H24N4O2/c1-15(2,3)21-14(20)18(4)7-6-17-10-12-8-13(9-16)19(5)11-12/h8,11,17H,6-7,10H2,1-5H3. The Morgan fingerprint density at radius 1 is 1.52 bits per heavy atom. The molecular weight excluding hydrogens is 268 g/mol. The van der Waals surface area contributed by atoms with Gasteiger partial charge in [-0.25, -0.2) is 4.79 Å². The van der Waals surface area contributed by atoms with Crippen LogP contribution in [0.3, 0.4) is 0 Å². The van der Waals surface area contributed by atoms with Crippen LogP contribution in [0.5, 0.6) is 0 Å². The lowest BCUT2D eigenvalue weighted by Crippen LogP contribution is -2.37. The van der Waals surface area contributed by atoms with Crippen LogP contribution < -0.4 is 5.32 Å². The number of nitrogens with one attached hydrogen (secondary N) is 1. The lowest BCUT2D eigenvalue weighted by Gasteiger charge is -2.24. The summed E-state index contributed by atoms with van der Waals surface area (Å²) in [7, 11) is 3.56. The van der Waals surface area contributed by atoms with Gasteiger partial charge in [-0.1, -0.05) is 0 Å². The van der Waals surface area contributed by atoms with Crippen LogP contribution in [0.4, 0.5) is 4.79 Å². The molecule has 1 aromatic rings. The molecule has 6 nitrogen and oxygen atoms in total. The van der Waals surface area contributed by atoms with E-state index in [-0.39, 0.29) is 6.09 Å². The lowest BCUT2D eigenvalue weighted by molar-refractivity contribution is 0.0300. The molecule has 0 saturated heterocycles. The summed E-state index contributed by atoms with van der Waals surface area (Å²) in [6, 6.07) is 3.98. The second-order valence-electron chi connectivity index (χ2n) is 6.03. The van der Waals surface area contributed by atoms with Crippen LogP contribution in [-0.4, -0.2) is 41.3 Å². The third-order valence-corrected chi connectivity index (χ3v) is 2.83. The van der Waals surface area contributed by atoms with Gasteiger partial charge in [0.15, 0.2) is 0 Å². The molecule has 0 aliphatic heterocycles. The Morgan fingerprint density at radius 2 is 2.19 bits per heavy atom. The van der Waals surface area contributed by atoms with Crippen LogP contribution in [0.2, 0.25) is 0 Å². The smallest absolute Gasteiger partial charge is 0.410 e. The Bertz CT molecular complexity index is 523. The van der Waals surface area contributed by atoms with Gasteiger partial charge in [-0.3, -0.25) is 0 Å². The van der Waals surface area contributed by atoms with E-state index in [1.165, 1.54) is 0 Å². The third kappa shape index (κ3) is 5.88. The van der Waals surface area contributed by atoms with Crippen LogP contribution in [0.15, 0.2) is 12.3 Å². The molecule has 0 fully saturated rings. The van der Waals surface area contributed by atoms with Crippen LogP contribution in [0.25, 0.3) is 0 Å². The highest BCUT2D eigenvalue weighted by Gasteiger charge is 2.19. The van der Waals surface area contributed by atoms with E-state index in [1.807, 2.05) is 40.1 Å². The summed E-state index contributed by atoms with van der Waals surface area (Å²) in [5, 5.41) is 12.1. The number of hydrogen-bond acceptors (Lipinski definition) is 4. The van der Waals surface area contributed by atoms with E-state index in [0.29, 0.717) is 25.3 Å². The van der Waals surface area contributed by atoms with Crippen LogP contribution >= 0.6 is 0 Å². The van der Waals surface area contributed by atoms with Gasteiger partial charge in [0, 0.05) is 39.9 Å². The van der Waals surface area contributed by atoms with E-state index in [0.717, 1.165) is 5.56 Å². The number of amides is 1. The average molecular weight is 292 g/mol. The second kappa shape index (κ2) is 7.14. The Labute approximate surface area is 126 Å². The summed E-state index contributed by atoms with van der Waals surface area (Å²) in [6.07, 6.45) is 1.60. The molecule has 1 heterocycles. The summed E-state index contributed by atoms with van der Waals surface area (Å²) in [6.45, 7) is 7.43. The molecule has 116 valence electrons. The Hall–Kier alpha value is -2.00. The maximum atomic E-state index is 11.7. The molecule has 0 atom stereocenters. The van der Waals surface area contributed by atoms with Gasteiger partial charge in [0.05, 0.1) is 0 Å². The Morgan fingerprint density at radius 3 is 2.71 bits per heavy atom. The monoisotopic (exact) mass is 292 g/mol. The fraction of sp³-hybridized carbons (Fsp3) is 0.600. The van der Waals surface area contributed by atoms with Crippen LogP contribution in [-0.2, 0) is 18.3 Å². The lowest BCUT2D eigenvalue weighted by atomic mass is 10.2. The SMILES string of the molecule is CN(CCNCc1cc(C#N)n(C)c1)C(=O)OC(C)(C)C. The van der Waals surface area contributed by atoms with Gasteiger partial charge in [0.2, 0.25) is 0 Å². The zero-order valence-electron chi connectivity index (χ0n) is 13.4. The molecule has 0 aliphatic carbocycles. The van der Waals surface area contributed by atoms with Crippen LogP contribution in [0.1, 0.15) is 32.0 Å². The molecule has 0 aromatic carbocycles. The van der Waals surface area contributed by atoms with Gasteiger partial charge < -0.3 is 19.5 Å². The number of aryl methyl sites for hydroxylation is 1.